The fourth-order valence-electron chi connectivity index (χ4n) is 2.51. The first kappa shape index (κ1) is 15.2. The van der Waals surface area contributed by atoms with Gasteiger partial charge in [-0.1, -0.05) is 0 Å². The molecule has 0 fully saturated rings. The van der Waals surface area contributed by atoms with Gasteiger partial charge in [-0.2, -0.15) is 0 Å². The minimum absolute atomic E-state index is 0.107. The highest BCUT2D eigenvalue weighted by atomic mass is 19.1. The third-order valence-electron chi connectivity index (χ3n) is 3.74. The van der Waals surface area contributed by atoms with Gasteiger partial charge in [-0.25, -0.2) is 13.8 Å². The second kappa shape index (κ2) is 5.85. The molecule has 7 heteroatoms. The molecule has 0 saturated carbocycles. The molecule has 0 aliphatic heterocycles. The van der Waals surface area contributed by atoms with Crippen molar-refractivity contribution in [2.75, 3.05) is 19.5 Å². The van der Waals surface area contributed by atoms with E-state index in [1.54, 1.807) is 6.07 Å². The number of aromatic amines is 1. The van der Waals surface area contributed by atoms with Gasteiger partial charge >= 0.3 is 0 Å². The summed E-state index contributed by atoms with van der Waals surface area (Å²) >= 11 is 0. The molecule has 1 aromatic carbocycles. The number of aliphatic hydroxyl groups is 1. The SMILES string of the molecule is CNc1ccc(F)c(C(O)c2c[nH]c3ncc(OC)cc23)c1F. The summed E-state index contributed by atoms with van der Waals surface area (Å²) in [6, 6.07) is 4.04. The molecule has 3 rings (SSSR count). The van der Waals surface area contributed by atoms with Crippen molar-refractivity contribution in [2.24, 2.45) is 0 Å². The number of H-pyrrole nitrogens is 1. The lowest BCUT2D eigenvalue weighted by Crippen LogP contribution is -2.08. The van der Waals surface area contributed by atoms with Crippen LogP contribution in [-0.2, 0) is 0 Å². The van der Waals surface area contributed by atoms with Crippen molar-refractivity contribution >= 4 is 16.7 Å². The first-order valence-corrected chi connectivity index (χ1v) is 6.91. The molecule has 0 spiro atoms. The van der Waals surface area contributed by atoms with Gasteiger partial charge in [0, 0.05) is 24.2 Å². The number of anilines is 1. The molecule has 3 aromatic rings. The van der Waals surface area contributed by atoms with E-state index in [1.807, 2.05) is 0 Å². The number of fused-ring (bicyclic) bond motifs is 1. The van der Waals surface area contributed by atoms with Crippen molar-refractivity contribution < 1.29 is 18.6 Å². The molecule has 2 aromatic heterocycles. The molecule has 1 unspecified atom stereocenters. The number of hydrogen-bond donors (Lipinski definition) is 3. The van der Waals surface area contributed by atoms with Crippen LogP contribution in [0.15, 0.2) is 30.6 Å². The predicted molar refractivity (Wildman–Crippen MR) is 82.6 cm³/mol. The Labute approximate surface area is 130 Å². The summed E-state index contributed by atoms with van der Waals surface area (Å²) in [6.45, 7) is 0. The number of ether oxygens (including phenoxy) is 1. The van der Waals surface area contributed by atoms with Crippen LogP contribution >= 0.6 is 0 Å². The fourth-order valence-corrected chi connectivity index (χ4v) is 2.51. The maximum atomic E-state index is 14.4. The zero-order valence-electron chi connectivity index (χ0n) is 12.5. The minimum atomic E-state index is -1.48. The Morgan fingerprint density at radius 2 is 2.13 bits per heavy atom. The van der Waals surface area contributed by atoms with Crippen LogP contribution in [0, 0.1) is 11.6 Å². The molecular weight excluding hydrogens is 304 g/mol. The average Bonchev–Trinajstić information content (AvgIpc) is 2.97. The molecule has 0 amide bonds. The molecule has 0 radical (unpaired) electrons. The van der Waals surface area contributed by atoms with Crippen LogP contribution in [0.25, 0.3) is 11.0 Å². The van der Waals surface area contributed by atoms with Gasteiger partial charge in [0.2, 0.25) is 0 Å². The van der Waals surface area contributed by atoms with Crippen molar-refractivity contribution in [1.29, 1.82) is 0 Å². The molecule has 0 saturated heterocycles. The van der Waals surface area contributed by atoms with Crippen molar-refractivity contribution in [2.45, 2.75) is 6.10 Å². The largest absolute Gasteiger partial charge is 0.495 e. The van der Waals surface area contributed by atoms with Gasteiger partial charge in [0.15, 0.2) is 5.82 Å². The Morgan fingerprint density at radius 3 is 2.83 bits per heavy atom. The molecule has 23 heavy (non-hydrogen) atoms. The summed E-state index contributed by atoms with van der Waals surface area (Å²) in [7, 11) is 3.01. The second-order valence-electron chi connectivity index (χ2n) is 4.99. The third kappa shape index (κ3) is 2.49. The fraction of sp³-hybridized carbons (Fsp3) is 0.188. The summed E-state index contributed by atoms with van der Waals surface area (Å²) in [6.07, 6.45) is 1.51. The quantitative estimate of drug-likeness (QED) is 0.691. The van der Waals surface area contributed by atoms with E-state index in [0.717, 1.165) is 6.07 Å². The third-order valence-corrected chi connectivity index (χ3v) is 3.74. The highest BCUT2D eigenvalue weighted by Crippen LogP contribution is 2.34. The Balaban J connectivity index is 2.16. The topological polar surface area (TPSA) is 70.2 Å². The van der Waals surface area contributed by atoms with E-state index in [2.05, 4.69) is 15.3 Å². The Bertz CT molecular complexity index is 864. The standard InChI is InChI=1S/C16H15F2N3O2/c1-19-12-4-3-11(17)13(14(12)18)15(22)10-7-21-16-9(10)5-8(23-2)6-20-16/h3-7,15,19,22H,1-2H3,(H,20,21). The maximum absolute atomic E-state index is 14.4. The molecule has 3 N–H and O–H groups in total. The summed E-state index contributed by atoms with van der Waals surface area (Å²) in [5.41, 5.74) is 0.499. The highest BCUT2D eigenvalue weighted by Gasteiger charge is 2.24. The van der Waals surface area contributed by atoms with Gasteiger partial charge in [-0.15, -0.1) is 0 Å². The van der Waals surface area contributed by atoms with Gasteiger partial charge in [0.1, 0.15) is 23.3 Å². The van der Waals surface area contributed by atoms with Gasteiger partial charge in [0.25, 0.3) is 0 Å². The van der Waals surface area contributed by atoms with Crippen molar-refractivity contribution in [3.8, 4) is 5.75 Å². The second-order valence-corrected chi connectivity index (χ2v) is 4.99. The lowest BCUT2D eigenvalue weighted by atomic mass is 9.99. The Hall–Kier alpha value is -2.67. The maximum Gasteiger partial charge on any atom is 0.155 e. The van der Waals surface area contributed by atoms with Crippen molar-refractivity contribution in [3.63, 3.8) is 0 Å². The van der Waals surface area contributed by atoms with E-state index in [-0.39, 0.29) is 5.69 Å². The molecule has 120 valence electrons. The molecule has 0 bridgehead atoms. The van der Waals surface area contributed by atoms with Gasteiger partial charge in [-0.3, -0.25) is 0 Å². The van der Waals surface area contributed by atoms with Crippen LogP contribution in [0.1, 0.15) is 17.2 Å². The van der Waals surface area contributed by atoms with E-state index in [4.69, 9.17) is 4.74 Å². The van der Waals surface area contributed by atoms with Crippen LogP contribution in [0.4, 0.5) is 14.5 Å². The molecule has 2 heterocycles. The van der Waals surface area contributed by atoms with Gasteiger partial charge in [0.05, 0.1) is 24.6 Å². The normalized spacial score (nSPS) is 12.4. The average molecular weight is 319 g/mol. The van der Waals surface area contributed by atoms with Gasteiger partial charge < -0.3 is 20.1 Å². The minimum Gasteiger partial charge on any atom is -0.495 e. The van der Waals surface area contributed by atoms with Crippen LogP contribution in [-0.4, -0.2) is 29.2 Å². The number of pyridine rings is 1. The lowest BCUT2D eigenvalue weighted by Gasteiger charge is -2.15. The number of nitrogens with one attached hydrogen (secondary N) is 2. The Morgan fingerprint density at radius 1 is 1.35 bits per heavy atom. The number of halogens is 2. The highest BCUT2D eigenvalue weighted by molar-refractivity contribution is 5.82. The number of benzene rings is 1. The van der Waals surface area contributed by atoms with Crippen LogP contribution < -0.4 is 10.1 Å². The van der Waals surface area contributed by atoms with Crippen LogP contribution in [0.2, 0.25) is 0 Å². The van der Waals surface area contributed by atoms with E-state index in [1.165, 1.54) is 32.6 Å². The first-order chi connectivity index (χ1) is 11.1. The number of rotatable bonds is 4. The number of methoxy groups -OCH3 is 1. The smallest absolute Gasteiger partial charge is 0.155 e. The summed E-state index contributed by atoms with van der Waals surface area (Å²) in [5, 5.41) is 13.7. The molecule has 1 atom stereocenters. The molecular formula is C16H15F2N3O2. The van der Waals surface area contributed by atoms with E-state index < -0.39 is 23.3 Å². The predicted octanol–water partition coefficient (Wildman–Crippen LogP) is 2.97. The lowest BCUT2D eigenvalue weighted by molar-refractivity contribution is 0.211. The molecule has 0 aliphatic carbocycles. The zero-order chi connectivity index (χ0) is 16.6. The van der Waals surface area contributed by atoms with E-state index in [9.17, 15) is 13.9 Å². The Kier molecular flexibility index (Phi) is 3.87. The first-order valence-electron chi connectivity index (χ1n) is 6.91. The summed E-state index contributed by atoms with van der Waals surface area (Å²) in [4.78, 5) is 7.01. The summed E-state index contributed by atoms with van der Waals surface area (Å²) < 4.78 is 33.6. The van der Waals surface area contributed by atoms with E-state index >= 15 is 0 Å². The number of hydrogen-bond acceptors (Lipinski definition) is 4. The van der Waals surface area contributed by atoms with Crippen LogP contribution in [0.3, 0.4) is 0 Å². The van der Waals surface area contributed by atoms with Crippen molar-refractivity contribution in [1.82, 2.24) is 9.97 Å². The summed E-state index contributed by atoms with van der Waals surface area (Å²) in [5.74, 6) is -1.17. The monoisotopic (exact) mass is 319 g/mol. The number of aromatic nitrogens is 2. The number of aliphatic hydroxyl groups excluding tert-OH is 1. The van der Waals surface area contributed by atoms with Crippen molar-refractivity contribution in [3.05, 3.63) is 53.4 Å². The van der Waals surface area contributed by atoms with Crippen LogP contribution in [0.5, 0.6) is 5.75 Å². The number of nitrogens with zero attached hydrogens (tertiary/aromatic N) is 1. The molecule has 0 aliphatic rings. The van der Waals surface area contributed by atoms with Gasteiger partial charge in [-0.05, 0) is 18.2 Å². The molecule has 5 nitrogen and oxygen atoms in total. The van der Waals surface area contributed by atoms with E-state index in [0.29, 0.717) is 22.3 Å². The zero-order valence-corrected chi connectivity index (χ0v) is 12.5.